The van der Waals surface area contributed by atoms with E-state index in [0.29, 0.717) is 18.6 Å². The molecule has 3 rings (SSSR count). The highest BCUT2D eigenvalue weighted by Crippen LogP contribution is 2.39. The van der Waals surface area contributed by atoms with Crippen molar-refractivity contribution in [2.75, 3.05) is 20.3 Å². The summed E-state index contributed by atoms with van der Waals surface area (Å²) < 4.78 is 19.5. The molecule has 0 radical (unpaired) electrons. The lowest BCUT2D eigenvalue weighted by molar-refractivity contribution is -0.140. The third-order valence-electron chi connectivity index (χ3n) is 4.72. The Kier molecular flexibility index (Phi) is 5.76. The molecule has 2 aromatic rings. The maximum Gasteiger partial charge on any atom is 0.291 e. The molecule has 5 nitrogen and oxygen atoms in total. The first-order chi connectivity index (χ1) is 13.1. The fraction of sp³-hybridized carbons (Fsp3) is 0.286. The number of amides is 1. The molecule has 1 saturated heterocycles. The molecule has 1 fully saturated rings. The van der Waals surface area contributed by atoms with Crippen molar-refractivity contribution in [3.8, 4) is 0 Å². The van der Waals surface area contributed by atoms with Crippen molar-refractivity contribution < 1.29 is 23.5 Å². The van der Waals surface area contributed by atoms with Gasteiger partial charge < -0.3 is 9.64 Å². The van der Waals surface area contributed by atoms with Crippen molar-refractivity contribution in [2.24, 2.45) is 5.92 Å². The molecule has 2 atom stereocenters. The topological polar surface area (TPSA) is 63.7 Å². The number of rotatable bonds is 7. The minimum Gasteiger partial charge on any atom is -0.385 e. The fourth-order valence-electron chi connectivity index (χ4n) is 3.45. The number of benzene rings is 2. The highest BCUT2D eigenvalue weighted by molar-refractivity contribution is 6.44. The Bertz CT molecular complexity index is 852. The third-order valence-corrected chi connectivity index (χ3v) is 4.72. The van der Waals surface area contributed by atoms with Crippen molar-refractivity contribution >= 4 is 17.5 Å². The molecule has 1 amide bonds. The van der Waals surface area contributed by atoms with Gasteiger partial charge in [-0.2, -0.15) is 0 Å². The average molecular weight is 369 g/mol. The predicted molar refractivity (Wildman–Crippen MR) is 96.6 cm³/mol. The maximum absolute atomic E-state index is 14.5. The molecule has 1 heterocycles. The number of hydrogen-bond donors (Lipinski definition) is 0. The number of Topliss-reactive ketones (excluding diaryl/α,β-unsaturated/α-hetero) is 2. The van der Waals surface area contributed by atoms with Gasteiger partial charge in [0.25, 0.3) is 5.91 Å². The van der Waals surface area contributed by atoms with Crippen LogP contribution in [0.5, 0.6) is 0 Å². The molecule has 1 aliphatic heterocycles. The van der Waals surface area contributed by atoms with E-state index in [4.69, 9.17) is 4.74 Å². The van der Waals surface area contributed by atoms with E-state index < -0.39 is 35.3 Å². The lowest BCUT2D eigenvalue weighted by atomic mass is 9.86. The van der Waals surface area contributed by atoms with Crippen LogP contribution in [0.3, 0.4) is 0 Å². The van der Waals surface area contributed by atoms with Gasteiger partial charge in [0.1, 0.15) is 11.7 Å². The molecule has 0 aromatic heterocycles. The normalized spacial score (nSPS) is 19.6. The summed E-state index contributed by atoms with van der Waals surface area (Å²) in [5, 5.41) is 0. The van der Waals surface area contributed by atoms with Crippen molar-refractivity contribution in [3.63, 3.8) is 0 Å². The van der Waals surface area contributed by atoms with Gasteiger partial charge in [-0.05, 0) is 12.5 Å². The minimum absolute atomic E-state index is 0.170. The van der Waals surface area contributed by atoms with Gasteiger partial charge in [-0.3, -0.25) is 14.4 Å². The van der Waals surface area contributed by atoms with Crippen LogP contribution in [-0.4, -0.2) is 42.6 Å². The summed E-state index contributed by atoms with van der Waals surface area (Å²) in [5.74, 6) is -3.84. The second-order valence-electron chi connectivity index (χ2n) is 6.38. The van der Waals surface area contributed by atoms with Gasteiger partial charge in [-0.15, -0.1) is 0 Å². The molecule has 0 N–H and O–H groups in total. The Morgan fingerprint density at radius 2 is 1.74 bits per heavy atom. The molecule has 6 heteroatoms. The van der Waals surface area contributed by atoms with E-state index >= 15 is 0 Å². The summed E-state index contributed by atoms with van der Waals surface area (Å²) in [6.07, 6.45) is 0.479. The Labute approximate surface area is 156 Å². The Morgan fingerprint density at radius 3 is 2.41 bits per heavy atom. The van der Waals surface area contributed by atoms with Crippen molar-refractivity contribution in [3.05, 3.63) is 71.5 Å². The second kappa shape index (κ2) is 8.22. The van der Waals surface area contributed by atoms with Gasteiger partial charge in [-0.1, -0.05) is 48.5 Å². The number of ether oxygens (including phenoxy) is 1. The van der Waals surface area contributed by atoms with Crippen LogP contribution < -0.4 is 0 Å². The number of nitrogens with zero attached hydrogens (tertiary/aromatic N) is 1. The highest BCUT2D eigenvalue weighted by atomic mass is 19.1. The van der Waals surface area contributed by atoms with E-state index in [0.717, 1.165) is 0 Å². The zero-order valence-corrected chi connectivity index (χ0v) is 14.9. The molecule has 0 aliphatic carbocycles. The van der Waals surface area contributed by atoms with Crippen LogP contribution in [0.1, 0.15) is 28.4 Å². The molecule has 140 valence electrons. The number of likely N-dealkylation sites (tertiary alicyclic amines) is 1. The summed E-state index contributed by atoms with van der Waals surface area (Å²) in [4.78, 5) is 39.6. The molecule has 0 spiro atoms. The Morgan fingerprint density at radius 1 is 1.07 bits per heavy atom. The summed E-state index contributed by atoms with van der Waals surface area (Å²) in [5.41, 5.74) is 0.493. The number of carbonyl (C=O) groups is 3. The molecule has 1 aliphatic rings. The number of halogens is 1. The largest absolute Gasteiger partial charge is 0.385 e. The number of hydrogen-bond acceptors (Lipinski definition) is 4. The van der Waals surface area contributed by atoms with Gasteiger partial charge in [-0.25, -0.2) is 4.39 Å². The van der Waals surface area contributed by atoms with E-state index in [-0.39, 0.29) is 12.1 Å². The smallest absolute Gasteiger partial charge is 0.291 e. The van der Waals surface area contributed by atoms with Crippen LogP contribution in [0.4, 0.5) is 4.39 Å². The molecule has 2 aromatic carbocycles. The molecule has 0 bridgehead atoms. The standard InChI is InChI=1S/C21H20FNO4/c1-27-13-7-12-23-18(15-10-5-6-11-16(15)22)17(20(25)21(23)26)19(24)14-8-3-2-4-9-14/h2-6,8-11,17-18H,7,12-13H2,1H3. The Balaban J connectivity index is 2.04. The van der Waals surface area contributed by atoms with E-state index in [1.54, 1.807) is 36.4 Å². The quantitative estimate of drug-likeness (QED) is 0.326. The molecule has 2 unspecified atom stereocenters. The average Bonchev–Trinajstić information content (AvgIpc) is 2.93. The van der Waals surface area contributed by atoms with Crippen LogP contribution in [0, 0.1) is 11.7 Å². The zero-order chi connectivity index (χ0) is 19.4. The van der Waals surface area contributed by atoms with Crippen molar-refractivity contribution in [1.82, 2.24) is 4.90 Å². The predicted octanol–water partition coefficient (Wildman–Crippen LogP) is 2.81. The number of ketones is 2. The van der Waals surface area contributed by atoms with Gasteiger partial charge in [0.15, 0.2) is 5.78 Å². The summed E-state index contributed by atoms with van der Waals surface area (Å²) in [7, 11) is 1.53. The van der Waals surface area contributed by atoms with E-state index in [2.05, 4.69) is 0 Å². The molecular formula is C21H20FNO4. The Hall–Kier alpha value is -2.86. The molecule has 0 saturated carbocycles. The molecule has 27 heavy (non-hydrogen) atoms. The minimum atomic E-state index is -1.26. The van der Waals surface area contributed by atoms with Crippen molar-refractivity contribution in [2.45, 2.75) is 12.5 Å². The van der Waals surface area contributed by atoms with Crippen LogP contribution in [0.15, 0.2) is 54.6 Å². The lowest BCUT2D eigenvalue weighted by Gasteiger charge is -2.27. The van der Waals surface area contributed by atoms with E-state index in [1.807, 2.05) is 0 Å². The highest BCUT2D eigenvalue weighted by Gasteiger charge is 2.52. The SMILES string of the molecule is COCCCN1C(=O)C(=O)C(C(=O)c2ccccc2)C1c1ccccc1F. The van der Waals surface area contributed by atoms with Crippen LogP contribution >= 0.6 is 0 Å². The van der Waals surface area contributed by atoms with E-state index in [1.165, 1.54) is 30.2 Å². The second-order valence-corrected chi connectivity index (χ2v) is 6.38. The van der Waals surface area contributed by atoms with Crippen LogP contribution in [0.25, 0.3) is 0 Å². The maximum atomic E-state index is 14.5. The molecular weight excluding hydrogens is 349 g/mol. The van der Waals surface area contributed by atoms with Crippen molar-refractivity contribution in [1.29, 1.82) is 0 Å². The van der Waals surface area contributed by atoms with Crippen LogP contribution in [0.2, 0.25) is 0 Å². The first-order valence-electron chi connectivity index (χ1n) is 8.73. The number of carbonyl (C=O) groups excluding carboxylic acids is 3. The van der Waals surface area contributed by atoms with Crippen LogP contribution in [-0.2, 0) is 14.3 Å². The summed E-state index contributed by atoms with van der Waals surface area (Å²) in [6.45, 7) is 0.593. The van der Waals surface area contributed by atoms with Gasteiger partial charge in [0.2, 0.25) is 5.78 Å². The first kappa shape index (κ1) is 18.9. The number of methoxy groups -OCH3 is 1. The summed E-state index contributed by atoms with van der Waals surface area (Å²) in [6, 6.07) is 13.3. The summed E-state index contributed by atoms with van der Waals surface area (Å²) >= 11 is 0. The fourth-order valence-corrected chi connectivity index (χ4v) is 3.45. The lowest BCUT2D eigenvalue weighted by Crippen LogP contribution is -2.32. The third kappa shape index (κ3) is 3.66. The van der Waals surface area contributed by atoms with E-state index in [9.17, 15) is 18.8 Å². The monoisotopic (exact) mass is 369 g/mol. The van der Waals surface area contributed by atoms with Gasteiger partial charge in [0.05, 0.1) is 6.04 Å². The van der Waals surface area contributed by atoms with Gasteiger partial charge in [0, 0.05) is 31.4 Å². The zero-order valence-electron chi connectivity index (χ0n) is 14.9. The first-order valence-corrected chi connectivity index (χ1v) is 8.73. The van der Waals surface area contributed by atoms with Gasteiger partial charge >= 0.3 is 0 Å².